The highest BCUT2D eigenvalue weighted by Crippen LogP contribution is 2.31. The van der Waals surface area contributed by atoms with Gasteiger partial charge in [0.25, 0.3) is 0 Å². The number of carbonyl (C=O) groups is 1. The third kappa shape index (κ3) is 7.97. The highest BCUT2D eigenvalue weighted by molar-refractivity contribution is 7.20. The predicted octanol–water partition coefficient (Wildman–Crippen LogP) is 9.26. The third-order valence-electron chi connectivity index (χ3n) is 10.4. The van der Waals surface area contributed by atoms with Gasteiger partial charge in [-0.05, 0) is 6.07 Å². The van der Waals surface area contributed by atoms with Gasteiger partial charge in [0.15, 0.2) is 82.1 Å². The summed E-state index contributed by atoms with van der Waals surface area (Å²) in [5.74, 6) is -71.7. The molecule has 0 bridgehead atoms. The van der Waals surface area contributed by atoms with E-state index in [2.05, 4.69) is 0 Å². The molecule has 26 heteroatoms. The Balaban J connectivity index is 0.000000273. The maximum Gasteiger partial charge on any atom is 0.226 e. The standard InChI is InChI=1S/C24BF20.C19H12N3OS/c26-5-1(6(27)14(35)21(42)13(5)34)25(2-7(28)15(36)22(43)16(37)8(2)29,3-9(30)17(38)23(44)18(39)10(3)31)4-11(32)19(40)24(45)20(41)12(4)33;20-10-15(11-21)16(19(23)14-6-2-1-3-7-14)12-22-13-24-18-9-5-4-8-17(18)22/h;1-9,13H,12H2/q-1;+1. The van der Waals surface area contributed by atoms with Gasteiger partial charge in [-0.25, -0.2) is 87.8 Å². The van der Waals surface area contributed by atoms with Crippen molar-refractivity contribution in [3.63, 3.8) is 0 Å². The summed E-state index contributed by atoms with van der Waals surface area (Å²) >= 11 is 1.55. The normalized spacial score (nSPS) is 11.3. The van der Waals surface area contributed by atoms with Crippen LogP contribution in [0.15, 0.2) is 71.3 Å². The lowest BCUT2D eigenvalue weighted by molar-refractivity contribution is -0.658. The minimum absolute atomic E-state index is 0.147. The molecule has 7 aromatic rings. The molecule has 4 nitrogen and oxygen atoms in total. The number of ketones is 1. The first-order valence-electron chi connectivity index (χ1n) is 18.2. The lowest BCUT2D eigenvalue weighted by atomic mass is 9.12. The molecule has 0 aliphatic rings. The maximum atomic E-state index is 15.4. The van der Waals surface area contributed by atoms with Crippen molar-refractivity contribution in [3.05, 3.63) is 193 Å². The van der Waals surface area contributed by atoms with Crippen LogP contribution in [0.1, 0.15) is 10.4 Å². The first kappa shape index (κ1) is 50.7. The largest absolute Gasteiger partial charge is 0.289 e. The highest BCUT2D eigenvalue weighted by Gasteiger charge is 2.52. The Morgan fingerprint density at radius 1 is 0.435 bits per heavy atom. The Bertz CT molecular complexity index is 3030. The molecule has 6 aromatic carbocycles. The molecular formula is C43H12BF20N3OS. The van der Waals surface area contributed by atoms with E-state index in [4.69, 9.17) is 0 Å². The molecule has 0 atom stereocenters. The minimum Gasteiger partial charge on any atom is -0.289 e. The number of halogens is 20. The van der Waals surface area contributed by atoms with Crippen molar-refractivity contribution in [2.24, 2.45) is 0 Å². The first-order chi connectivity index (χ1) is 32.4. The van der Waals surface area contributed by atoms with E-state index < -0.39 is 144 Å². The van der Waals surface area contributed by atoms with Crippen LogP contribution in [0.25, 0.3) is 10.2 Å². The van der Waals surface area contributed by atoms with E-state index in [0.717, 1.165) is 10.2 Å². The number of rotatable bonds is 8. The average molecular weight is 1010 g/mol. The number of hydrogen-bond acceptors (Lipinski definition) is 4. The van der Waals surface area contributed by atoms with Crippen molar-refractivity contribution in [3.8, 4) is 12.1 Å². The van der Waals surface area contributed by atoms with Gasteiger partial charge < -0.3 is 0 Å². The van der Waals surface area contributed by atoms with Gasteiger partial charge in [0.05, 0.1) is 5.57 Å². The van der Waals surface area contributed by atoms with E-state index in [1.165, 1.54) is 0 Å². The number of hydrogen-bond donors (Lipinski definition) is 0. The van der Waals surface area contributed by atoms with E-state index in [-0.39, 0.29) is 23.5 Å². The molecule has 0 saturated carbocycles. The molecule has 0 N–H and O–H groups in total. The molecule has 0 aliphatic carbocycles. The Labute approximate surface area is 374 Å². The van der Waals surface area contributed by atoms with Crippen LogP contribution >= 0.6 is 11.3 Å². The number of aromatic nitrogens is 1. The number of Topliss-reactive ketones (excluding diaryl/α,β-unsaturated/α-hetero) is 1. The van der Waals surface area contributed by atoms with Crippen molar-refractivity contribution in [1.29, 1.82) is 10.5 Å². The number of allylic oxidation sites excluding steroid dienone is 2. The number of para-hydroxylation sites is 1. The molecule has 0 amide bonds. The number of carbonyl (C=O) groups excluding carboxylic acids is 1. The lowest BCUT2D eigenvalue weighted by Gasteiger charge is -2.44. The second-order valence-electron chi connectivity index (χ2n) is 13.9. The molecule has 0 fully saturated rings. The number of nitrogens with zero attached hydrogens (tertiary/aromatic N) is 3. The third-order valence-corrected chi connectivity index (χ3v) is 11.3. The van der Waals surface area contributed by atoms with Gasteiger partial charge in [0.2, 0.25) is 11.0 Å². The monoisotopic (exact) mass is 1010 g/mol. The molecule has 69 heavy (non-hydrogen) atoms. The van der Waals surface area contributed by atoms with E-state index in [0.29, 0.717) is 5.56 Å². The zero-order chi connectivity index (χ0) is 51.3. The first-order valence-corrected chi connectivity index (χ1v) is 19.0. The number of benzene rings is 6. The van der Waals surface area contributed by atoms with Gasteiger partial charge in [-0.15, -0.1) is 21.9 Å². The molecule has 0 spiro atoms. The van der Waals surface area contributed by atoms with Crippen molar-refractivity contribution in [2.75, 3.05) is 0 Å². The van der Waals surface area contributed by atoms with Crippen LogP contribution in [0.3, 0.4) is 0 Å². The van der Waals surface area contributed by atoms with Crippen LogP contribution in [0.2, 0.25) is 0 Å². The van der Waals surface area contributed by atoms with Crippen LogP contribution < -0.4 is 26.4 Å². The van der Waals surface area contributed by atoms with Gasteiger partial charge >= 0.3 is 0 Å². The fourth-order valence-electron chi connectivity index (χ4n) is 7.33. The summed E-state index contributed by atoms with van der Waals surface area (Å²) < 4.78 is 297. The summed E-state index contributed by atoms with van der Waals surface area (Å²) in [6, 6.07) is 20.2. The lowest BCUT2D eigenvalue weighted by Crippen LogP contribution is -2.81. The zero-order valence-corrected chi connectivity index (χ0v) is 33.6. The summed E-state index contributed by atoms with van der Waals surface area (Å²) in [6.07, 6.45) is -7.22. The van der Waals surface area contributed by atoms with Crippen molar-refractivity contribution < 1.29 is 97.2 Å². The fraction of sp³-hybridized carbons (Fsp3) is 0.0233. The topological polar surface area (TPSA) is 68.5 Å². The minimum atomic E-state index is -7.22. The number of thiazole rings is 1. The second-order valence-corrected chi connectivity index (χ2v) is 14.8. The Kier molecular flexibility index (Phi) is 14.0. The van der Waals surface area contributed by atoms with Crippen LogP contribution in [0, 0.1) is 139 Å². The van der Waals surface area contributed by atoms with E-state index >= 15 is 35.1 Å². The number of nitriles is 2. The number of fused-ring (bicyclic) bond motifs is 1. The van der Waals surface area contributed by atoms with Crippen LogP contribution in [-0.4, -0.2) is 11.9 Å². The van der Waals surface area contributed by atoms with Gasteiger partial charge in [-0.2, -0.15) is 15.1 Å². The van der Waals surface area contributed by atoms with Crippen LogP contribution in [-0.2, 0) is 6.54 Å². The van der Waals surface area contributed by atoms with Crippen LogP contribution in [0.5, 0.6) is 0 Å². The smallest absolute Gasteiger partial charge is 0.226 e. The Hall–Kier alpha value is -7.74. The van der Waals surface area contributed by atoms with Gasteiger partial charge in [0.1, 0.15) is 75.1 Å². The second kappa shape index (κ2) is 19.1. The highest BCUT2D eigenvalue weighted by atomic mass is 32.1. The van der Waals surface area contributed by atoms with Crippen LogP contribution in [0.4, 0.5) is 87.8 Å². The predicted molar refractivity (Wildman–Crippen MR) is 200 cm³/mol. The molecule has 7 rings (SSSR count). The summed E-state index contributed by atoms with van der Waals surface area (Å²) in [4.78, 5) is 12.8. The van der Waals surface area contributed by atoms with Gasteiger partial charge in [-0.3, -0.25) is 4.79 Å². The molecule has 0 saturated heterocycles. The quantitative estimate of drug-likeness (QED) is 0.0223. The van der Waals surface area contributed by atoms with Crippen molar-refractivity contribution >= 4 is 55.3 Å². The summed E-state index contributed by atoms with van der Waals surface area (Å²) in [7, 11) is 0. The van der Waals surface area contributed by atoms with Crippen molar-refractivity contribution in [1.82, 2.24) is 0 Å². The maximum absolute atomic E-state index is 15.4. The molecule has 0 radical (unpaired) electrons. The molecule has 0 unspecified atom stereocenters. The summed E-state index contributed by atoms with van der Waals surface area (Å²) in [6.45, 7) is 0.189. The molecular weight excluding hydrogens is 997 g/mol. The molecule has 1 aromatic heterocycles. The molecule has 0 aliphatic heterocycles. The molecule has 354 valence electrons. The van der Waals surface area contributed by atoms with Gasteiger partial charge in [-0.1, -0.05) is 53.8 Å². The van der Waals surface area contributed by atoms with Gasteiger partial charge in [0, 0.05) is 11.6 Å². The summed E-state index contributed by atoms with van der Waals surface area (Å²) in [5.41, 5.74) is -10.9. The SMILES string of the molecule is Fc1c(F)c(F)c([B-](c2c(F)c(F)c(F)c(F)c2F)(c2c(F)c(F)c(F)c(F)c2F)c2c(F)c(F)c(F)c(F)c2F)c(F)c1F.N#CC(C#N)=C(C[n+]1csc2ccccc21)C(=O)c1ccccc1. The van der Waals surface area contributed by atoms with Crippen molar-refractivity contribution in [2.45, 2.75) is 6.54 Å². The van der Waals surface area contributed by atoms with E-state index in [1.54, 1.807) is 35.6 Å². The Morgan fingerprint density at radius 3 is 1.04 bits per heavy atom. The fourth-order valence-corrected chi connectivity index (χ4v) is 8.22. The zero-order valence-electron chi connectivity index (χ0n) is 32.8. The van der Waals surface area contributed by atoms with E-state index in [1.807, 2.05) is 52.5 Å². The van der Waals surface area contributed by atoms with E-state index in [9.17, 15) is 68.0 Å². The Morgan fingerprint density at radius 2 is 0.725 bits per heavy atom. The average Bonchev–Trinajstić information content (AvgIpc) is 3.76. The summed E-state index contributed by atoms with van der Waals surface area (Å²) in [5, 5.41) is 18.5. The molecule has 1 heterocycles.